The third-order valence-corrected chi connectivity index (χ3v) is 4.70. The van der Waals surface area contributed by atoms with E-state index >= 15 is 0 Å². The van der Waals surface area contributed by atoms with Crippen molar-refractivity contribution in [1.82, 2.24) is 0 Å². The van der Waals surface area contributed by atoms with Crippen LogP contribution in [0.5, 0.6) is 0 Å². The first kappa shape index (κ1) is 9.19. The van der Waals surface area contributed by atoms with Crippen LogP contribution in [0.2, 0.25) is 0 Å². The lowest BCUT2D eigenvalue weighted by Gasteiger charge is -2.25. The van der Waals surface area contributed by atoms with E-state index in [0.717, 1.165) is 0 Å². The Hall–Kier alpha value is 0.190. The van der Waals surface area contributed by atoms with Crippen molar-refractivity contribution in [3.05, 3.63) is 0 Å². The van der Waals surface area contributed by atoms with Crippen LogP contribution in [-0.4, -0.2) is 18.9 Å². The Morgan fingerprint density at radius 3 is 1.67 bits per heavy atom. The van der Waals surface area contributed by atoms with Gasteiger partial charge >= 0.3 is 0 Å². The standard InChI is InChI=1S/C6H15O2P/c1-6(2,3)9(5,7)8-4/h1-5H3. The summed E-state index contributed by atoms with van der Waals surface area (Å²) in [6.45, 7) is 7.40. The average molecular weight is 150 g/mol. The minimum atomic E-state index is -2.36. The first-order chi connectivity index (χ1) is 3.81. The second-order valence-corrected chi connectivity index (χ2v) is 6.60. The van der Waals surface area contributed by atoms with Crippen LogP contribution in [0.4, 0.5) is 0 Å². The molecule has 0 fully saturated rings. The highest BCUT2D eigenvalue weighted by molar-refractivity contribution is 7.59. The first-order valence-corrected chi connectivity index (χ1v) is 5.02. The first-order valence-electron chi connectivity index (χ1n) is 2.94. The fraction of sp³-hybridized carbons (Fsp3) is 1.00. The van der Waals surface area contributed by atoms with E-state index in [1.165, 1.54) is 7.11 Å². The van der Waals surface area contributed by atoms with E-state index in [9.17, 15) is 4.57 Å². The summed E-state index contributed by atoms with van der Waals surface area (Å²) in [5.41, 5.74) is 0. The van der Waals surface area contributed by atoms with E-state index in [0.29, 0.717) is 0 Å². The smallest absolute Gasteiger partial charge is 0.205 e. The molecule has 0 aromatic carbocycles. The molecular formula is C6H15O2P. The molecule has 0 rings (SSSR count). The molecule has 0 spiro atoms. The SMILES string of the molecule is COP(C)(=O)C(C)(C)C. The van der Waals surface area contributed by atoms with E-state index < -0.39 is 7.37 Å². The molecule has 0 aromatic rings. The second kappa shape index (κ2) is 2.43. The van der Waals surface area contributed by atoms with Crippen molar-refractivity contribution >= 4 is 7.37 Å². The van der Waals surface area contributed by atoms with Gasteiger partial charge in [0.05, 0.1) is 0 Å². The van der Waals surface area contributed by atoms with Crippen molar-refractivity contribution < 1.29 is 9.09 Å². The quantitative estimate of drug-likeness (QED) is 0.536. The molecule has 0 bridgehead atoms. The van der Waals surface area contributed by atoms with Crippen LogP contribution in [0, 0.1) is 0 Å². The van der Waals surface area contributed by atoms with E-state index in [-0.39, 0.29) is 5.16 Å². The molecule has 0 saturated heterocycles. The zero-order valence-electron chi connectivity index (χ0n) is 6.76. The van der Waals surface area contributed by atoms with Gasteiger partial charge in [-0.25, -0.2) is 0 Å². The molecule has 0 aliphatic carbocycles. The Balaban J connectivity index is 4.35. The number of hydrogen-bond acceptors (Lipinski definition) is 2. The zero-order chi connectivity index (χ0) is 7.71. The van der Waals surface area contributed by atoms with Gasteiger partial charge in [-0.2, -0.15) is 0 Å². The molecule has 1 atom stereocenters. The lowest BCUT2D eigenvalue weighted by molar-refractivity contribution is 0.376. The summed E-state index contributed by atoms with van der Waals surface area (Å²) in [4.78, 5) is 0. The van der Waals surface area contributed by atoms with Gasteiger partial charge in [-0.05, 0) is 0 Å². The Labute approximate surface area is 57.1 Å². The summed E-state index contributed by atoms with van der Waals surface area (Å²) in [6, 6.07) is 0. The molecule has 1 unspecified atom stereocenters. The fourth-order valence-electron chi connectivity index (χ4n) is 0.274. The van der Waals surface area contributed by atoms with Crippen LogP contribution in [0.3, 0.4) is 0 Å². The Morgan fingerprint density at radius 2 is 1.67 bits per heavy atom. The lowest BCUT2D eigenvalue weighted by atomic mass is 10.3. The number of hydrogen-bond donors (Lipinski definition) is 0. The van der Waals surface area contributed by atoms with Gasteiger partial charge in [0.15, 0.2) is 0 Å². The van der Waals surface area contributed by atoms with Gasteiger partial charge in [0.2, 0.25) is 7.37 Å². The van der Waals surface area contributed by atoms with Crippen LogP contribution < -0.4 is 0 Å². The highest BCUT2D eigenvalue weighted by Crippen LogP contribution is 2.54. The van der Waals surface area contributed by atoms with Crippen molar-refractivity contribution in [2.75, 3.05) is 13.8 Å². The molecule has 9 heavy (non-hydrogen) atoms. The molecule has 0 saturated carbocycles. The molecule has 0 radical (unpaired) electrons. The van der Waals surface area contributed by atoms with Gasteiger partial charge in [0, 0.05) is 18.9 Å². The van der Waals surface area contributed by atoms with Crippen molar-refractivity contribution in [2.24, 2.45) is 0 Å². The topological polar surface area (TPSA) is 26.3 Å². The van der Waals surface area contributed by atoms with Gasteiger partial charge in [0.1, 0.15) is 0 Å². The Morgan fingerprint density at radius 1 is 1.33 bits per heavy atom. The molecule has 0 heterocycles. The predicted molar refractivity (Wildman–Crippen MR) is 40.3 cm³/mol. The third-order valence-electron chi connectivity index (χ3n) is 1.57. The predicted octanol–water partition coefficient (Wildman–Crippen LogP) is 2.34. The Bertz CT molecular complexity index is 134. The average Bonchev–Trinajstić information content (AvgIpc) is 1.64. The van der Waals surface area contributed by atoms with Crippen LogP contribution >= 0.6 is 7.37 Å². The van der Waals surface area contributed by atoms with Crippen LogP contribution in [0.25, 0.3) is 0 Å². The fourth-order valence-corrected chi connectivity index (χ4v) is 0.822. The maximum atomic E-state index is 11.4. The highest BCUT2D eigenvalue weighted by Gasteiger charge is 2.31. The summed E-state index contributed by atoms with van der Waals surface area (Å²) in [7, 11) is -0.865. The molecular weight excluding hydrogens is 135 g/mol. The molecule has 0 aromatic heterocycles. The van der Waals surface area contributed by atoms with Crippen molar-refractivity contribution in [1.29, 1.82) is 0 Å². The summed E-state index contributed by atoms with van der Waals surface area (Å²) >= 11 is 0. The summed E-state index contributed by atoms with van der Waals surface area (Å²) < 4.78 is 16.2. The van der Waals surface area contributed by atoms with Gasteiger partial charge in [-0.1, -0.05) is 20.8 Å². The third kappa shape index (κ3) is 2.11. The highest BCUT2D eigenvalue weighted by atomic mass is 31.2. The summed E-state index contributed by atoms with van der Waals surface area (Å²) in [6.07, 6.45) is 0. The van der Waals surface area contributed by atoms with Crippen molar-refractivity contribution in [3.63, 3.8) is 0 Å². The van der Waals surface area contributed by atoms with E-state index in [2.05, 4.69) is 0 Å². The van der Waals surface area contributed by atoms with Crippen LogP contribution in [0.15, 0.2) is 0 Å². The van der Waals surface area contributed by atoms with E-state index in [1.54, 1.807) is 6.66 Å². The summed E-state index contributed by atoms with van der Waals surface area (Å²) in [5.74, 6) is 0. The van der Waals surface area contributed by atoms with E-state index in [4.69, 9.17) is 4.52 Å². The van der Waals surface area contributed by atoms with Gasteiger partial charge < -0.3 is 4.52 Å². The van der Waals surface area contributed by atoms with Crippen molar-refractivity contribution in [2.45, 2.75) is 25.9 Å². The zero-order valence-corrected chi connectivity index (χ0v) is 7.66. The van der Waals surface area contributed by atoms with Crippen LogP contribution in [0.1, 0.15) is 20.8 Å². The molecule has 0 aliphatic heterocycles. The van der Waals surface area contributed by atoms with E-state index in [1.807, 2.05) is 20.8 Å². The maximum Gasteiger partial charge on any atom is 0.205 e. The number of rotatable bonds is 1. The molecule has 56 valence electrons. The lowest BCUT2D eigenvalue weighted by Crippen LogP contribution is -2.14. The van der Waals surface area contributed by atoms with Gasteiger partial charge in [-0.3, -0.25) is 4.57 Å². The molecule has 0 aliphatic rings. The second-order valence-electron chi connectivity index (χ2n) is 3.20. The van der Waals surface area contributed by atoms with Crippen molar-refractivity contribution in [3.8, 4) is 0 Å². The minimum Gasteiger partial charge on any atom is -0.332 e. The molecule has 0 N–H and O–H groups in total. The normalized spacial score (nSPS) is 19.2. The largest absolute Gasteiger partial charge is 0.332 e. The van der Waals surface area contributed by atoms with Crippen LogP contribution in [-0.2, 0) is 9.09 Å². The minimum absolute atomic E-state index is 0.220. The Kier molecular flexibility index (Phi) is 2.48. The molecule has 2 nitrogen and oxygen atoms in total. The maximum absolute atomic E-state index is 11.4. The van der Waals surface area contributed by atoms with Gasteiger partial charge in [0.25, 0.3) is 0 Å². The molecule has 0 amide bonds. The monoisotopic (exact) mass is 150 g/mol. The summed E-state index contributed by atoms with van der Waals surface area (Å²) in [5, 5.41) is -0.220. The van der Waals surface area contributed by atoms with Gasteiger partial charge in [-0.15, -0.1) is 0 Å². The molecule has 3 heteroatoms.